The van der Waals surface area contributed by atoms with Crippen LogP contribution in [0.15, 0.2) is 0 Å². The molecular formula is C8H16BNO. The van der Waals surface area contributed by atoms with Gasteiger partial charge in [0.25, 0.3) is 0 Å². The van der Waals surface area contributed by atoms with Crippen LogP contribution in [0, 0.1) is 11.8 Å². The van der Waals surface area contributed by atoms with Crippen LogP contribution < -0.4 is 5.23 Å². The standard InChI is InChI=1S/C8H16BNO/c1-9(11)10-8-5-6-2-3-7(8)4-6/h6-8,10-11H,2-5H2,1H3. The summed E-state index contributed by atoms with van der Waals surface area (Å²) in [7, 11) is -0.320. The van der Waals surface area contributed by atoms with E-state index in [9.17, 15) is 0 Å². The maximum absolute atomic E-state index is 9.13. The molecule has 3 atom stereocenters. The smallest absolute Gasteiger partial charge is 0.373 e. The van der Waals surface area contributed by atoms with Crippen molar-refractivity contribution in [3.63, 3.8) is 0 Å². The van der Waals surface area contributed by atoms with Crippen molar-refractivity contribution in [2.24, 2.45) is 11.8 Å². The van der Waals surface area contributed by atoms with Crippen molar-refractivity contribution in [2.75, 3.05) is 0 Å². The zero-order valence-electron chi connectivity index (χ0n) is 7.09. The molecule has 2 saturated carbocycles. The first-order chi connectivity index (χ1) is 5.25. The Morgan fingerprint density at radius 3 is 2.64 bits per heavy atom. The molecular weight excluding hydrogens is 137 g/mol. The average molecular weight is 153 g/mol. The van der Waals surface area contributed by atoms with Crippen LogP contribution in [0.5, 0.6) is 0 Å². The summed E-state index contributed by atoms with van der Waals surface area (Å²) in [5.74, 6) is 1.84. The third-order valence-electron chi connectivity index (χ3n) is 3.19. The van der Waals surface area contributed by atoms with Crippen molar-refractivity contribution in [3.05, 3.63) is 0 Å². The Morgan fingerprint density at radius 2 is 2.18 bits per heavy atom. The number of rotatable bonds is 2. The molecule has 0 aromatic rings. The summed E-state index contributed by atoms with van der Waals surface area (Å²) in [6, 6.07) is 0.619. The Hall–Kier alpha value is -0.0151. The summed E-state index contributed by atoms with van der Waals surface area (Å²) in [4.78, 5) is 0. The van der Waals surface area contributed by atoms with Gasteiger partial charge in [-0.3, -0.25) is 0 Å². The van der Waals surface area contributed by atoms with E-state index in [1.807, 2.05) is 6.82 Å². The predicted octanol–water partition coefficient (Wildman–Crippen LogP) is 0.875. The number of hydrogen-bond acceptors (Lipinski definition) is 2. The maximum atomic E-state index is 9.13. The van der Waals surface area contributed by atoms with Gasteiger partial charge in [-0.05, 0) is 37.9 Å². The fraction of sp³-hybridized carbons (Fsp3) is 1.00. The van der Waals surface area contributed by atoms with Crippen molar-refractivity contribution in [3.8, 4) is 0 Å². The first kappa shape index (κ1) is 7.62. The van der Waals surface area contributed by atoms with Crippen LogP contribution in [0.3, 0.4) is 0 Å². The molecule has 62 valence electrons. The molecule has 3 unspecified atom stereocenters. The first-order valence-electron chi connectivity index (χ1n) is 4.70. The summed E-state index contributed by atoms with van der Waals surface area (Å²) in [5, 5.41) is 12.4. The molecule has 2 nitrogen and oxygen atoms in total. The molecule has 0 aliphatic heterocycles. The van der Waals surface area contributed by atoms with Gasteiger partial charge in [-0.25, -0.2) is 0 Å². The number of fused-ring (bicyclic) bond motifs is 2. The Morgan fingerprint density at radius 1 is 1.36 bits per heavy atom. The molecule has 0 radical (unpaired) electrons. The van der Waals surface area contributed by atoms with E-state index >= 15 is 0 Å². The summed E-state index contributed by atoms with van der Waals surface area (Å²) in [6.07, 6.45) is 5.53. The van der Waals surface area contributed by atoms with Gasteiger partial charge in [0.15, 0.2) is 0 Å². The highest BCUT2D eigenvalue weighted by atomic mass is 16.2. The second-order valence-electron chi connectivity index (χ2n) is 4.12. The molecule has 0 aromatic carbocycles. The Kier molecular flexibility index (Phi) is 1.94. The van der Waals surface area contributed by atoms with Crippen LogP contribution in [-0.2, 0) is 0 Å². The molecule has 0 heterocycles. The molecule has 2 aliphatic rings. The second kappa shape index (κ2) is 2.79. The van der Waals surface area contributed by atoms with Crippen molar-refractivity contribution in [1.29, 1.82) is 0 Å². The Balaban J connectivity index is 1.87. The van der Waals surface area contributed by atoms with Gasteiger partial charge in [-0.15, -0.1) is 0 Å². The van der Waals surface area contributed by atoms with Crippen LogP contribution in [0.1, 0.15) is 25.7 Å². The molecule has 11 heavy (non-hydrogen) atoms. The molecule has 0 saturated heterocycles. The van der Waals surface area contributed by atoms with Gasteiger partial charge in [0.2, 0.25) is 0 Å². The van der Waals surface area contributed by atoms with Crippen LogP contribution >= 0.6 is 0 Å². The molecule has 0 amide bonds. The van der Waals surface area contributed by atoms with E-state index in [4.69, 9.17) is 5.02 Å². The predicted molar refractivity (Wildman–Crippen MR) is 46.2 cm³/mol. The molecule has 2 fully saturated rings. The first-order valence-corrected chi connectivity index (χ1v) is 4.70. The van der Waals surface area contributed by atoms with E-state index in [-0.39, 0.29) is 7.05 Å². The second-order valence-corrected chi connectivity index (χ2v) is 4.12. The summed E-state index contributed by atoms with van der Waals surface area (Å²) < 4.78 is 0. The van der Waals surface area contributed by atoms with E-state index in [1.165, 1.54) is 25.7 Å². The minimum Gasteiger partial charge on any atom is -0.437 e. The fourth-order valence-electron chi connectivity index (χ4n) is 2.76. The monoisotopic (exact) mass is 153 g/mol. The van der Waals surface area contributed by atoms with Crippen molar-refractivity contribution in [2.45, 2.75) is 38.5 Å². The van der Waals surface area contributed by atoms with Crippen LogP contribution in [0.2, 0.25) is 6.82 Å². The fourth-order valence-corrected chi connectivity index (χ4v) is 2.76. The minimum atomic E-state index is -0.320. The highest BCUT2D eigenvalue weighted by molar-refractivity contribution is 6.45. The van der Waals surface area contributed by atoms with E-state index in [0.29, 0.717) is 6.04 Å². The van der Waals surface area contributed by atoms with Crippen molar-refractivity contribution < 1.29 is 5.02 Å². The van der Waals surface area contributed by atoms with Gasteiger partial charge in [0.1, 0.15) is 0 Å². The van der Waals surface area contributed by atoms with E-state index in [0.717, 1.165) is 11.8 Å². The maximum Gasteiger partial charge on any atom is 0.373 e. The molecule has 0 aromatic heterocycles. The molecule has 2 aliphatic carbocycles. The van der Waals surface area contributed by atoms with Gasteiger partial charge >= 0.3 is 7.05 Å². The number of nitrogens with one attached hydrogen (secondary N) is 1. The molecule has 2 bridgehead atoms. The van der Waals surface area contributed by atoms with Gasteiger partial charge in [-0.2, -0.15) is 0 Å². The van der Waals surface area contributed by atoms with Crippen molar-refractivity contribution >= 4 is 7.05 Å². The lowest BCUT2D eigenvalue weighted by molar-refractivity contribution is 0.378. The zero-order chi connectivity index (χ0) is 7.84. The Labute approximate surface area is 68.5 Å². The van der Waals surface area contributed by atoms with E-state index in [2.05, 4.69) is 5.23 Å². The lowest BCUT2D eigenvalue weighted by Gasteiger charge is -2.23. The normalized spacial score (nSPS) is 41.5. The SMILES string of the molecule is CB(O)NC1CC2CCC1C2. The van der Waals surface area contributed by atoms with Gasteiger partial charge in [-0.1, -0.05) is 6.42 Å². The van der Waals surface area contributed by atoms with Crippen molar-refractivity contribution in [1.82, 2.24) is 5.23 Å². The third kappa shape index (κ3) is 1.45. The largest absolute Gasteiger partial charge is 0.437 e. The van der Waals surface area contributed by atoms with E-state index < -0.39 is 0 Å². The minimum absolute atomic E-state index is 0.320. The average Bonchev–Trinajstić information content (AvgIpc) is 2.45. The molecule has 2 rings (SSSR count). The quantitative estimate of drug-likeness (QED) is 0.577. The Bertz CT molecular complexity index is 151. The number of hydrogen-bond donors (Lipinski definition) is 2. The third-order valence-corrected chi connectivity index (χ3v) is 3.19. The van der Waals surface area contributed by atoms with Crippen LogP contribution in [0.4, 0.5) is 0 Å². The summed E-state index contributed by atoms with van der Waals surface area (Å²) in [5.41, 5.74) is 0. The zero-order valence-corrected chi connectivity index (χ0v) is 7.09. The molecule has 2 N–H and O–H groups in total. The van der Waals surface area contributed by atoms with Gasteiger partial charge in [0.05, 0.1) is 0 Å². The lowest BCUT2D eigenvalue weighted by atomic mass is 9.83. The van der Waals surface area contributed by atoms with Crippen LogP contribution in [-0.4, -0.2) is 18.1 Å². The van der Waals surface area contributed by atoms with Gasteiger partial charge < -0.3 is 10.3 Å². The highest BCUT2D eigenvalue weighted by Crippen LogP contribution is 2.44. The molecule has 0 spiro atoms. The highest BCUT2D eigenvalue weighted by Gasteiger charge is 2.39. The van der Waals surface area contributed by atoms with Crippen LogP contribution in [0.25, 0.3) is 0 Å². The topological polar surface area (TPSA) is 32.3 Å². The molecule has 3 heteroatoms. The van der Waals surface area contributed by atoms with Gasteiger partial charge in [0, 0.05) is 6.04 Å². The lowest BCUT2D eigenvalue weighted by Crippen LogP contribution is -2.42. The summed E-state index contributed by atoms with van der Waals surface area (Å²) in [6.45, 7) is 1.81. The van der Waals surface area contributed by atoms with E-state index in [1.54, 1.807) is 0 Å². The summed E-state index contributed by atoms with van der Waals surface area (Å²) >= 11 is 0.